The van der Waals surface area contributed by atoms with Crippen molar-refractivity contribution in [3.8, 4) is 0 Å². The monoisotopic (exact) mass is 116 g/mol. The van der Waals surface area contributed by atoms with Crippen molar-refractivity contribution in [2.24, 2.45) is 0 Å². The summed E-state index contributed by atoms with van der Waals surface area (Å²) in [4.78, 5) is 0. The zero-order valence-corrected chi connectivity index (χ0v) is 5.25. The van der Waals surface area contributed by atoms with Crippen LogP contribution >= 0.6 is 15.7 Å². The molecule has 0 saturated heterocycles. The molecule has 6 heavy (non-hydrogen) atoms. The van der Waals surface area contributed by atoms with E-state index in [4.69, 9.17) is 0 Å². The van der Waals surface area contributed by atoms with E-state index in [0.29, 0.717) is 0 Å². The Morgan fingerprint density at radius 1 is 1.67 bits per heavy atom. The van der Waals surface area contributed by atoms with E-state index in [1.807, 2.05) is 6.08 Å². The molecule has 0 amide bonds. The highest BCUT2D eigenvalue weighted by molar-refractivity contribution is 8.02. The van der Waals surface area contributed by atoms with Crippen molar-refractivity contribution in [1.29, 1.82) is 0 Å². The Morgan fingerprint density at radius 2 is 2.33 bits per heavy atom. The van der Waals surface area contributed by atoms with Gasteiger partial charge >= 0.3 is 0 Å². The summed E-state index contributed by atoms with van der Waals surface area (Å²) in [5.41, 5.74) is 0. The van der Waals surface area contributed by atoms with Crippen molar-refractivity contribution >= 4 is 15.7 Å². The lowest BCUT2D eigenvalue weighted by atomic mass is 10.5. The third-order valence-corrected chi connectivity index (χ3v) is 3.31. The van der Waals surface area contributed by atoms with E-state index in [1.54, 1.807) is 15.7 Å². The maximum absolute atomic E-state index is 3.63. The van der Waals surface area contributed by atoms with E-state index in [0.717, 1.165) is 5.40 Å². The van der Waals surface area contributed by atoms with Gasteiger partial charge in [-0.05, 0) is 6.42 Å². The molecular formula is C4H6P2. The van der Waals surface area contributed by atoms with Crippen molar-refractivity contribution in [2.75, 3.05) is 0 Å². The number of rotatable bonds is 2. The minimum Gasteiger partial charge on any atom is -0.103 e. The molecular weight excluding hydrogens is 110 g/mol. The van der Waals surface area contributed by atoms with Crippen LogP contribution in [0, 0.1) is 0 Å². The fraction of sp³-hybridized carbons (Fsp3) is 0.500. The van der Waals surface area contributed by atoms with Crippen LogP contribution in [0.25, 0.3) is 0 Å². The van der Waals surface area contributed by atoms with Crippen molar-refractivity contribution in [2.45, 2.75) is 11.8 Å². The standard InChI is InChI=1S/C4H6P2/c1-2-3-4-5-6-4/h2,4H,1,3H2. The number of hydrogen-bond donors (Lipinski definition) is 0. The minimum atomic E-state index is 0.975. The molecule has 0 unspecified atom stereocenters. The normalized spacial score (nSPS) is 32.3. The third kappa shape index (κ3) is 1.20. The van der Waals surface area contributed by atoms with Gasteiger partial charge in [-0.1, -0.05) is 21.8 Å². The molecule has 0 N–H and O–H groups in total. The molecule has 0 saturated carbocycles. The average Bonchev–Trinajstić information content (AvgIpc) is 2.21. The van der Waals surface area contributed by atoms with Gasteiger partial charge in [0.05, 0.1) is 5.40 Å². The highest BCUT2D eigenvalue weighted by atomic mass is 31.8. The molecule has 1 aliphatic rings. The third-order valence-electron chi connectivity index (χ3n) is 0.656. The van der Waals surface area contributed by atoms with E-state index in [-0.39, 0.29) is 0 Å². The first-order valence-corrected chi connectivity index (χ1v) is 4.57. The average molecular weight is 116 g/mol. The van der Waals surface area contributed by atoms with Crippen LogP contribution in [-0.4, -0.2) is 5.40 Å². The molecule has 0 spiro atoms. The fourth-order valence-corrected chi connectivity index (χ4v) is 1.72. The SMILES string of the molecule is C=CCC1P=P1. The second kappa shape index (κ2) is 1.87. The van der Waals surface area contributed by atoms with Crippen LogP contribution in [0.3, 0.4) is 0 Å². The predicted octanol–water partition coefficient (Wildman–Crippen LogP) is 2.71. The van der Waals surface area contributed by atoms with Crippen LogP contribution in [0.4, 0.5) is 0 Å². The zero-order valence-electron chi connectivity index (χ0n) is 3.46. The minimum absolute atomic E-state index is 0.975. The molecule has 2 heteroatoms. The molecule has 0 fully saturated rings. The topological polar surface area (TPSA) is 0 Å². The predicted molar refractivity (Wildman–Crippen MR) is 32.4 cm³/mol. The van der Waals surface area contributed by atoms with Crippen LogP contribution in [0.5, 0.6) is 0 Å². The zero-order chi connectivity index (χ0) is 4.41. The van der Waals surface area contributed by atoms with Crippen LogP contribution < -0.4 is 0 Å². The van der Waals surface area contributed by atoms with Gasteiger partial charge in [0.25, 0.3) is 0 Å². The van der Waals surface area contributed by atoms with Gasteiger partial charge in [-0.15, -0.1) is 6.58 Å². The first-order valence-electron chi connectivity index (χ1n) is 1.94. The maximum atomic E-state index is 3.63. The summed E-state index contributed by atoms with van der Waals surface area (Å²) in [6, 6.07) is 0. The van der Waals surface area contributed by atoms with Crippen LogP contribution in [0.1, 0.15) is 6.42 Å². The Bertz CT molecular complexity index is 79.5. The molecule has 0 bridgehead atoms. The second-order valence-corrected chi connectivity index (χ2v) is 4.74. The highest BCUT2D eigenvalue weighted by Crippen LogP contribution is 2.49. The lowest BCUT2D eigenvalue weighted by molar-refractivity contribution is 1.20. The van der Waals surface area contributed by atoms with E-state index < -0.39 is 0 Å². The largest absolute Gasteiger partial charge is 0.103 e. The Kier molecular flexibility index (Phi) is 1.40. The summed E-state index contributed by atoms with van der Waals surface area (Å²) in [5, 5.41) is 0.975. The molecule has 0 nitrogen and oxygen atoms in total. The lowest BCUT2D eigenvalue weighted by Gasteiger charge is -1.76. The van der Waals surface area contributed by atoms with E-state index >= 15 is 0 Å². The van der Waals surface area contributed by atoms with Crippen molar-refractivity contribution < 1.29 is 0 Å². The first-order chi connectivity index (χ1) is 2.93. The first kappa shape index (κ1) is 4.50. The Morgan fingerprint density at radius 3 is 2.50 bits per heavy atom. The molecule has 0 radical (unpaired) electrons. The van der Waals surface area contributed by atoms with Gasteiger partial charge in [0, 0.05) is 0 Å². The molecule has 1 aliphatic heterocycles. The van der Waals surface area contributed by atoms with Gasteiger partial charge < -0.3 is 0 Å². The quantitative estimate of drug-likeness (QED) is 0.384. The molecule has 0 aromatic rings. The summed E-state index contributed by atoms with van der Waals surface area (Å²) in [6.45, 7) is 3.63. The van der Waals surface area contributed by atoms with Crippen molar-refractivity contribution in [1.82, 2.24) is 0 Å². The van der Waals surface area contributed by atoms with Gasteiger partial charge in [-0.2, -0.15) is 0 Å². The molecule has 0 aromatic heterocycles. The molecule has 1 rings (SSSR count). The summed E-state index contributed by atoms with van der Waals surface area (Å²) >= 11 is 0. The lowest BCUT2D eigenvalue weighted by Crippen LogP contribution is -1.67. The second-order valence-electron chi connectivity index (χ2n) is 1.24. The fourth-order valence-electron chi connectivity index (χ4n) is 0.290. The van der Waals surface area contributed by atoms with Crippen molar-refractivity contribution in [3.63, 3.8) is 0 Å². The van der Waals surface area contributed by atoms with Crippen molar-refractivity contribution in [3.05, 3.63) is 12.7 Å². The summed E-state index contributed by atoms with van der Waals surface area (Å²) in [7, 11) is 3.23. The van der Waals surface area contributed by atoms with Crippen LogP contribution in [-0.2, 0) is 0 Å². The summed E-state index contributed by atoms with van der Waals surface area (Å²) in [5.74, 6) is 0. The molecule has 1 heterocycles. The van der Waals surface area contributed by atoms with Gasteiger partial charge in [0.15, 0.2) is 0 Å². The molecule has 0 atom stereocenters. The maximum Gasteiger partial charge on any atom is 0.0542 e. The van der Waals surface area contributed by atoms with Gasteiger partial charge in [0.1, 0.15) is 0 Å². The Hall–Kier alpha value is 0.340. The van der Waals surface area contributed by atoms with Crippen LogP contribution in [0.2, 0.25) is 0 Å². The number of allylic oxidation sites excluding steroid dienone is 1. The van der Waals surface area contributed by atoms with Crippen LogP contribution in [0.15, 0.2) is 12.7 Å². The molecule has 0 aliphatic carbocycles. The Balaban J connectivity index is 2.04. The van der Waals surface area contributed by atoms with E-state index in [9.17, 15) is 0 Å². The van der Waals surface area contributed by atoms with Gasteiger partial charge in [-0.25, -0.2) is 0 Å². The smallest absolute Gasteiger partial charge is 0.0542 e. The highest BCUT2D eigenvalue weighted by Gasteiger charge is 2.08. The summed E-state index contributed by atoms with van der Waals surface area (Å²) in [6.07, 6.45) is 3.22. The molecule has 32 valence electrons. The van der Waals surface area contributed by atoms with Gasteiger partial charge in [-0.3, -0.25) is 0 Å². The summed E-state index contributed by atoms with van der Waals surface area (Å²) < 4.78 is 0. The van der Waals surface area contributed by atoms with E-state index in [1.165, 1.54) is 6.42 Å². The number of hydrogen-bond acceptors (Lipinski definition) is 0. The molecule has 0 aromatic carbocycles. The van der Waals surface area contributed by atoms with Gasteiger partial charge in [0.2, 0.25) is 0 Å². The Labute approximate surface area is 41.1 Å². The van der Waals surface area contributed by atoms with E-state index in [2.05, 4.69) is 6.58 Å².